The van der Waals surface area contributed by atoms with Crippen LogP contribution in [0, 0.1) is 18.8 Å². The topological polar surface area (TPSA) is 40.5 Å². The fourth-order valence-electron chi connectivity index (χ4n) is 1.77. The Bertz CT molecular complexity index is 479. The standard InChI is InChI=1S/C15H19NO2/c1-4-16(5-2)15(18)14-9-8-13(7-6-10-17)12(3)11-14/h8-9,11,17H,4-5,10H2,1-3H3. The Kier molecular flexibility index (Phi) is 5.41. The number of amides is 1. The molecule has 1 aromatic carbocycles. The number of rotatable bonds is 3. The molecule has 1 rings (SSSR count). The van der Waals surface area contributed by atoms with Gasteiger partial charge in [0.15, 0.2) is 0 Å². The lowest BCUT2D eigenvalue weighted by atomic mass is 10.0. The van der Waals surface area contributed by atoms with Gasteiger partial charge in [-0.25, -0.2) is 0 Å². The number of hydrogen-bond donors (Lipinski definition) is 1. The van der Waals surface area contributed by atoms with E-state index in [0.29, 0.717) is 18.7 Å². The summed E-state index contributed by atoms with van der Waals surface area (Å²) in [5.74, 6) is 5.52. The molecular formula is C15H19NO2. The summed E-state index contributed by atoms with van der Waals surface area (Å²) in [5, 5.41) is 8.66. The molecule has 18 heavy (non-hydrogen) atoms. The third-order valence-electron chi connectivity index (χ3n) is 2.83. The van der Waals surface area contributed by atoms with Crippen molar-refractivity contribution in [3.05, 3.63) is 34.9 Å². The highest BCUT2D eigenvalue weighted by atomic mass is 16.2. The molecule has 96 valence electrons. The lowest BCUT2D eigenvalue weighted by Gasteiger charge is -2.18. The van der Waals surface area contributed by atoms with E-state index in [2.05, 4.69) is 11.8 Å². The SMILES string of the molecule is CCN(CC)C(=O)c1ccc(C#CCO)c(C)c1. The van der Waals surface area contributed by atoms with Crippen molar-refractivity contribution >= 4 is 5.91 Å². The molecule has 0 atom stereocenters. The molecule has 0 heterocycles. The fourth-order valence-corrected chi connectivity index (χ4v) is 1.77. The van der Waals surface area contributed by atoms with Gasteiger partial charge in [-0.15, -0.1) is 0 Å². The van der Waals surface area contributed by atoms with Crippen molar-refractivity contribution in [2.75, 3.05) is 19.7 Å². The zero-order chi connectivity index (χ0) is 13.5. The largest absolute Gasteiger partial charge is 0.384 e. The highest BCUT2D eigenvalue weighted by Gasteiger charge is 2.12. The highest BCUT2D eigenvalue weighted by molar-refractivity contribution is 5.94. The maximum atomic E-state index is 12.1. The van der Waals surface area contributed by atoms with Crippen molar-refractivity contribution in [2.24, 2.45) is 0 Å². The van der Waals surface area contributed by atoms with Crippen molar-refractivity contribution < 1.29 is 9.90 Å². The van der Waals surface area contributed by atoms with Crippen LogP contribution in [-0.2, 0) is 0 Å². The van der Waals surface area contributed by atoms with Gasteiger partial charge in [0, 0.05) is 24.2 Å². The maximum absolute atomic E-state index is 12.1. The molecule has 0 aromatic heterocycles. The first kappa shape index (κ1) is 14.3. The molecule has 0 bridgehead atoms. The Balaban J connectivity index is 3.00. The second kappa shape index (κ2) is 6.83. The zero-order valence-electron chi connectivity index (χ0n) is 11.2. The van der Waals surface area contributed by atoms with Gasteiger partial charge in [-0.05, 0) is 44.5 Å². The van der Waals surface area contributed by atoms with E-state index < -0.39 is 0 Å². The lowest BCUT2D eigenvalue weighted by molar-refractivity contribution is 0.0773. The number of nitrogens with zero attached hydrogens (tertiary/aromatic N) is 1. The summed E-state index contributed by atoms with van der Waals surface area (Å²) < 4.78 is 0. The molecule has 0 fully saturated rings. The summed E-state index contributed by atoms with van der Waals surface area (Å²) in [6.07, 6.45) is 0. The molecule has 0 aliphatic rings. The Morgan fingerprint density at radius 3 is 2.50 bits per heavy atom. The number of carbonyl (C=O) groups excluding carboxylic acids is 1. The zero-order valence-corrected chi connectivity index (χ0v) is 11.2. The van der Waals surface area contributed by atoms with Crippen molar-refractivity contribution in [3.8, 4) is 11.8 Å². The molecular weight excluding hydrogens is 226 g/mol. The van der Waals surface area contributed by atoms with E-state index in [-0.39, 0.29) is 12.5 Å². The number of aryl methyl sites for hydroxylation is 1. The Morgan fingerprint density at radius 2 is 2.00 bits per heavy atom. The number of aliphatic hydroxyl groups excluding tert-OH is 1. The number of hydrogen-bond acceptors (Lipinski definition) is 2. The van der Waals surface area contributed by atoms with E-state index in [9.17, 15) is 4.79 Å². The minimum Gasteiger partial charge on any atom is -0.384 e. The fraction of sp³-hybridized carbons (Fsp3) is 0.400. The predicted molar refractivity (Wildman–Crippen MR) is 72.4 cm³/mol. The van der Waals surface area contributed by atoms with Gasteiger partial charge in [0.1, 0.15) is 6.61 Å². The van der Waals surface area contributed by atoms with Gasteiger partial charge < -0.3 is 10.0 Å². The van der Waals surface area contributed by atoms with E-state index in [1.54, 1.807) is 11.0 Å². The molecule has 0 radical (unpaired) electrons. The molecule has 0 unspecified atom stereocenters. The van der Waals surface area contributed by atoms with Gasteiger partial charge in [-0.1, -0.05) is 11.8 Å². The van der Waals surface area contributed by atoms with Crippen LogP contribution in [0.4, 0.5) is 0 Å². The van der Waals surface area contributed by atoms with Gasteiger partial charge >= 0.3 is 0 Å². The average Bonchev–Trinajstić information content (AvgIpc) is 2.38. The normalized spacial score (nSPS) is 9.56. The summed E-state index contributed by atoms with van der Waals surface area (Å²) in [4.78, 5) is 13.9. The monoisotopic (exact) mass is 245 g/mol. The van der Waals surface area contributed by atoms with Crippen LogP contribution < -0.4 is 0 Å². The molecule has 0 aliphatic carbocycles. The van der Waals surface area contributed by atoms with Crippen LogP contribution in [0.2, 0.25) is 0 Å². The van der Waals surface area contributed by atoms with Gasteiger partial charge in [0.2, 0.25) is 0 Å². The van der Waals surface area contributed by atoms with Crippen LogP contribution in [0.5, 0.6) is 0 Å². The molecule has 0 saturated carbocycles. The summed E-state index contributed by atoms with van der Waals surface area (Å²) in [6, 6.07) is 5.46. The Hall–Kier alpha value is -1.79. The average molecular weight is 245 g/mol. The summed E-state index contributed by atoms with van der Waals surface area (Å²) >= 11 is 0. The number of carbonyl (C=O) groups is 1. The van der Waals surface area contributed by atoms with E-state index in [4.69, 9.17) is 5.11 Å². The predicted octanol–water partition coefficient (Wildman–Crippen LogP) is 1.82. The van der Waals surface area contributed by atoms with Gasteiger partial charge in [-0.2, -0.15) is 0 Å². The third-order valence-corrected chi connectivity index (χ3v) is 2.83. The smallest absolute Gasteiger partial charge is 0.253 e. The second-order valence-electron chi connectivity index (χ2n) is 3.97. The number of benzene rings is 1. The maximum Gasteiger partial charge on any atom is 0.253 e. The summed E-state index contributed by atoms with van der Waals surface area (Å²) in [5.41, 5.74) is 2.49. The Labute approximate surface area is 108 Å². The molecule has 1 N–H and O–H groups in total. The first-order valence-corrected chi connectivity index (χ1v) is 6.13. The van der Waals surface area contributed by atoms with E-state index in [1.165, 1.54) is 0 Å². The van der Waals surface area contributed by atoms with Crippen LogP contribution in [0.3, 0.4) is 0 Å². The van der Waals surface area contributed by atoms with E-state index >= 15 is 0 Å². The summed E-state index contributed by atoms with van der Waals surface area (Å²) in [7, 11) is 0. The van der Waals surface area contributed by atoms with Crippen molar-refractivity contribution in [1.82, 2.24) is 4.90 Å². The molecule has 3 nitrogen and oxygen atoms in total. The second-order valence-corrected chi connectivity index (χ2v) is 3.97. The Morgan fingerprint density at radius 1 is 1.33 bits per heavy atom. The molecule has 0 saturated heterocycles. The van der Waals surface area contributed by atoms with Crippen molar-refractivity contribution in [2.45, 2.75) is 20.8 Å². The van der Waals surface area contributed by atoms with Crippen LogP contribution in [0.15, 0.2) is 18.2 Å². The minimum absolute atomic E-state index is 0.0461. The molecule has 3 heteroatoms. The van der Waals surface area contributed by atoms with E-state index in [1.807, 2.05) is 32.9 Å². The van der Waals surface area contributed by atoms with Crippen LogP contribution in [-0.4, -0.2) is 35.6 Å². The summed E-state index contributed by atoms with van der Waals surface area (Å²) in [6.45, 7) is 7.12. The first-order valence-electron chi connectivity index (χ1n) is 6.13. The molecule has 1 amide bonds. The van der Waals surface area contributed by atoms with Crippen LogP contribution in [0.1, 0.15) is 35.3 Å². The molecule has 1 aromatic rings. The highest BCUT2D eigenvalue weighted by Crippen LogP contribution is 2.12. The third kappa shape index (κ3) is 3.35. The van der Waals surface area contributed by atoms with Crippen LogP contribution >= 0.6 is 0 Å². The molecule has 0 spiro atoms. The number of aliphatic hydroxyl groups is 1. The van der Waals surface area contributed by atoms with Crippen molar-refractivity contribution in [3.63, 3.8) is 0 Å². The van der Waals surface area contributed by atoms with E-state index in [0.717, 1.165) is 11.1 Å². The van der Waals surface area contributed by atoms with Gasteiger partial charge in [0.05, 0.1) is 0 Å². The van der Waals surface area contributed by atoms with Gasteiger partial charge in [0.25, 0.3) is 5.91 Å². The molecule has 0 aliphatic heterocycles. The minimum atomic E-state index is -0.153. The van der Waals surface area contributed by atoms with Crippen LogP contribution in [0.25, 0.3) is 0 Å². The lowest BCUT2D eigenvalue weighted by Crippen LogP contribution is -2.30. The van der Waals surface area contributed by atoms with Crippen molar-refractivity contribution in [1.29, 1.82) is 0 Å². The van der Waals surface area contributed by atoms with Gasteiger partial charge in [-0.3, -0.25) is 4.79 Å². The quantitative estimate of drug-likeness (QED) is 0.825. The first-order chi connectivity index (χ1) is 8.63.